The van der Waals surface area contributed by atoms with E-state index in [0.29, 0.717) is 5.56 Å². The number of carbonyl (C=O) groups excluding carboxylic acids is 1. The van der Waals surface area contributed by atoms with Crippen LogP contribution in [-0.2, 0) is 9.53 Å². The van der Waals surface area contributed by atoms with E-state index in [9.17, 15) is 9.90 Å². The highest BCUT2D eigenvalue weighted by atomic mass is 79.9. The number of esters is 1. The van der Waals surface area contributed by atoms with Gasteiger partial charge in [0.2, 0.25) is 5.90 Å². The molecule has 114 valence electrons. The maximum absolute atomic E-state index is 11.9. The van der Waals surface area contributed by atoms with E-state index < -0.39 is 5.97 Å². The molecule has 0 atom stereocenters. The Morgan fingerprint density at radius 1 is 1.09 bits per heavy atom. The summed E-state index contributed by atoms with van der Waals surface area (Å²) in [6.07, 6.45) is 4.94. The van der Waals surface area contributed by atoms with E-state index in [2.05, 4.69) is 20.9 Å². The summed E-state index contributed by atoms with van der Waals surface area (Å²) in [5.74, 6) is -0.256. The maximum Gasteiger partial charge on any atom is 0.363 e. The Hall–Kier alpha value is -2.66. The minimum Gasteiger partial charge on any atom is -0.507 e. The molecule has 0 spiro atoms. The van der Waals surface area contributed by atoms with E-state index in [4.69, 9.17) is 4.74 Å². The summed E-state index contributed by atoms with van der Waals surface area (Å²) >= 11 is 3.32. The maximum atomic E-state index is 11.9. The largest absolute Gasteiger partial charge is 0.507 e. The summed E-state index contributed by atoms with van der Waals surface area (Å²) in [4.78, 5) is 16.0. The van der Waals surface area contributed by atoms with Crippen molar-refractivity contribution in [2.75, 3.05) is 0 Å². The van der Waals surface area contributed by atoms with Gasteiger partial charge in [0.25, 0.3) is 0 Å². The van der Waals surface area contributed by atoms with E-state index in [0.717, 1.165) is 10.0 Å². The second-order valence-electron chi connectivity index (χ2n) is 4.82. The number of carbonyl (C=O) groups is 1. The van der Waals surface area contributed by atoms with E-state index in [1.807, 2.05) is 36.4 Å². The fourth-order valence-corrected chi connectivity index (χ4v) is 2.40. The molecule has 0 amide bonds. The molecule has 2 aromatic rings. The van der Waals surface area contributed by atoms with Crippen molar-refractivity contribution in [3.63, 3.8) is 0 Å². The van der Waals surface area contributed by atoms with Crippen LogP contribution >= 0.6 is 15.9 Å². The van der Waals surface area contributed by atoms with Crippen LogP contribution in [0.15, 0.2) is 69.8 Å². The first-order valence-electron chi connectivity index (χ1n) is 6.86. The van der Waals surface area contributed by atoms with Crippen LogP contribution in [0.1, 0.15) is 11.1 Å². The molecule has 3 rings (SSSR count). The van der Waals surface area contributed by atoms with Gasteiger partial charge in [-0.1, -0.05) is 46.3 Å². The predicted octanol–water partition coefficient (Wildman–Crippen LogP) is 4.16. The van der Waals surface area contributed by atoms with Crippen LogP contribution in [0.25, 0.3) is 12.2 Å². The fraction of sp³-hybridized carbons (Fsp3) is 0. The molecule has 0 aromatic heterocycles. The molecule has 2 aromatic carbocycles. The van der Waals surface area contributed by atoms with Gasteiger partial charge in [0, 0.05) is 16.1 Å². The molecule has 23 heavy (non-hydrogen) atoms. The number of halogens is 1. The molecule has 1 aliphatic rings. The molecule has 1 heterocycles. The first-order chi connectivity index (χ1) is 11.1. The zero-order valence-corrected chi connectivity index (χ0v) is 13.5. The van der Waals surface area contributed by atoms with Gasteiger partial charge >= 0.3 is 5.97 Å². The van der Waals surface area contributed by atoms with Crippen LogP contribution in [0.2, 0.25) is 0 Å². The van der Waals surface area contributed by atoms with Gasteiger partial charge in [-0.3, -0.25) is 0 Å². The molecule has 4 nitrogen and oxygen atoms in total. The average molecular weight is 370 g/mol. The Labute approximate surface area is 141 Å². The number of cyclic esters (lactones) is 1. The van der Waals surface area contributed by atoms with Crippen molar-refractivity contribution in [1.29, 1.82) is 0 Å². The highest BCUT2D eigenvalue weighted by molar-refractivity contribution is 9.10. The van der Waals surface area contributed by atoms with Gasteiger partial charge in [0.05, 0.1) is 0 Å². The number of nitrogens with zero attached hydrogens (tertiary/aromatic N) is 1. The number of hydrogen-bond acceptors (Lipinski definition) is 4. The molecule has 0 saturated heterocycles. The van der Waals surface area contributed by atoms with Gasteiger partial charge in [-0.15, -0.1) is 0 Å². The Morgan fingerprint density at radius 3 is 2.65 bits per heavy atom. The predicted molar refractivity (Wildman–Crippen MR) is 92.8 cm³/mol. The molecule has 1 N–H and O–H groups in total. The lowest BCUT2D eigenvalue weighted by Crippen LogP contribution is -2.01. The number of phenols is 1. The summed E-state index contributed by atoms with van der Waals surface area (Å²) in [6, 6.07) is 14.6. The zero-order chi connectivity index (χ0) is 16.2. The van der Waals surface area contributed by atoms with Crippen LogP contribution in [-0.4, -0.2) is 17.0 Å². The molecule has 0 saturated carbocycles. The number of phenolic OH excluding ortho intramolecular Hbond substituents is 1. The van der Waals surface area contributed by atoms with Crippen LogP contribution in [0.5, 0.6) is 5.75 Å². The summed E-state index contributed by atoms with van der Waals surface area (Å²) in [5.41, 5.74) is 1.61. The van der Waals surface area contributed by atoms with Crippen LogP contribution in [0.3, 0.4) is 0 Å². The molecule has 0 radical (unpaired) electrons. The molecule has 1 aliphatic heterocycles. The Morgan fingerprint density at radius 2 is 1.87 bits per heavy atom. The topological polar surface area (TPSA) is 58.9 Å². The van der Waals surface area contributed by atoms with E-state index in [1.54, 1.807) is 18.2 Å². The molecular weight excluding hydrogens is 358 g/mol. The standard InChI is InChI=1S/C18H12BrNO3/c19-14-7-8-16(21)13(10-14)11-15-18(22)23-17(20-15)9-6-12-4-2-1-3-5-12/h1-11,21H/b9-6+,15-11-. The lowest BCUT2D eigenvalue weighted by Gasteiger charge is -1.99. The normalized spacial score (nSPS) is 16.0. The highest BCUT2D eigenvalue weighted by Gasteiger charge is 2.21. The average Bonchev–Trinajstić information content (AvgIpc) is 2.90. The van der Waals surface area contributed by atoms with Crippen molar-refractivity contribution >= 4 is 39.9 Å². The third kappa shape index (κ3) is 3.76. The Balaban J connectivity index is 1.85. The smallest absolute Gasteiger partial charge is 0.363 e. The van der Waals surface area contributed by atoms with E-state index in [1.165, 1.54) is 12.1 Å². The zero-order valence-electron chi connectivity index (χ0n) is 11.9. The summed E-state index contributed by atoms with van der Waals surface area (Å²) in [6.45, 7) is 0. The number of benzene rings is 2. The summed E-state index contributed by atoms with van der Waals surface area (Å²) < 4.78 is 5.89. The van der Waals surface area contributed by atoms with Crippen LogP contribution in [0.4, 0.5) is 0 Å². The van der Waals surface area contributed by atoms with Crippen molar-refractivity contribution < 1.29 is 14.6 Å². The quantitative estimate of drug-likeness (QED) is 0.652. The van der Waals surface area contributed by atoms with Gasteiger partial charge < -0.3 is 9.84 Å². The summed E-state index contributed by atoms with van der Waals surface area (Å²) in [7, 11) is 0. The first-order valence-corrected chi connectivity index (χ1v) is 7.65. The van der Waals surface area contributed by atoms with Crippen molar-refractivity contribution in [3.8, 4) is 5.75 Å². The van der Waals surface area contributed by atoms with Crippen molar-refractivity contribution in [2.45, 2.75) is 0 Å². The summed E-state index contributed by atoms with van der Waals surface area (Å²) in [5, 5.41) is 9.82. The van der Waals surface area contributed by atoms with Gasteiger partial charge in [0.1, 0.15) is 5.75 Å². The minimum atomic E-state index is -0.544. The van der Waals surface area contributed by atoms with Gasteiger partial charge in [-0.05, 0) is 35.9 Å². The molecule has 0 unspecified atom stereocenters. The Bertz CT molecular complexity index is 839. The number of aromatic hydroxyl groups is 1. The first kappa shape index (κ1) is 15.2. The van der Waals surface area contributed by atoms with Crippen molar-refractivity contribution in [2.24, 2.45) is 4.99 Å². The lowest BCUT2D eigenvalue weighted by atomic mass is 10.1. The number of ether oxygens (including phenoxy) is 1. The molecule has 0 bridgehead atoms. The molecule has 0 aliphatic carbocycles. The van der Waals surface area contributed by atoms with Gasteiger partial charge in [0.15, 0.2) is 5.70 Å². The Kier molecular flexibility index (Phi) is 4.39. The third-order valence-corrected chi connectivity index (χ3v) is 3.63. The molecule has 5 heteroatoms. The highest BCUT2D eigenvalue weighted by Crippen LogP contribution is 2.26. The molecular formula is C18H12BrNO3. The second kappa shape index (κ2) is 6.62. The second-order valence-corrected chi connectivity index (χ2v) is 5.73. The number of hydrogen-bond donors (Lipinski definition) is 1. The van der Waals surface area contributed by atoms with Crippen LogP contribution in [0, 0.1) is 0 Å². The van der Waals surface area contributed by atoms with Gasteiger partial charge in [-0.25, -0.2) is 9.79 Å². The van der Waals surface area contributed by atoms with Gasteiger partial charge in [-0.2, -0.15) is 0 Å². The van der Waals surface area contributed by atoms with E-state index in [-0.39, 0.29) is 17.3 Å². The minimum absolute atomic E-state index is 0.0666. The molecule has 0 fully saturated rings. The third-order valence-electron chi connectivity index (χ3n) is 3.14. The number of rotatable bonds is 3. The lowest BCUT2D eigenvalue weighted by molar-refractivity contribution is -0.129. The number of aliphatic imine (C=N–C) groups is 1. The van der Waals surface area contributed by atoms with E-state index >= 15 is 0 Å². The SMILES string of the molecule is O=C1OC(/C=C/c2ccccc2)=NC/1=C\c1cc(Br)ccc1O. The van der Waals surface area contributed by atoms with Crippen LogP contribution < -0.4 is 0 Å². The van der Waals surface area contributed by atoms with Crippen molar-refractivity contribution in [3.05, 3.63) is 75.9 Å². The fourth-order valence-electron chi connectivity index (χ4n) is 2.02. The monoisotopic (exact) mass is 369 g/mol. The van der Waals surface area contributed by atoms with Crippen molar-refractivity contribution in [1.82, 2.24) is 0 Å².